The molecule has 0 N–H and O–H groups in total. The summed E-state index contributed by atoms with van der Waals surface area (Å²) < 4.78 is 33.5. The Morgan fingerprint density at radius 3 is 2.52 bits per heavy atom. The Kier molecular flexibility index (Phi) is 6.07. The van der Waals surface area contributed by atoms with Crippen LogP contribution in [0.3, 0.4) is 0 Å². The van der Waals surface area contributed by atoms with Crippen molar-refractivity contribution >= 4 is 26.9 Å². The molecule has 0 bridgehead atoms. The smallest absolute Gasteiger partial charge is 0.314 e. The standard InChI is InChI=1S/C24H26N2O4S/c1-3-18-7-9-21(10-8-18)30-24(27)19-11-13-26(14-12-19)31(28,29)22-6-4-5-20-15-17(2)16-25-23(20)22/h4-10,15-16,19H,3,11-14H2,1-2H3. The van der Waals surface area contributed by atoms with E-state index in [4.69, 9.17) is 4.74 Å². The molecule has 1 aliphatic heterocycles. The number of piperidine rings is 1. The zero-order valence-corrected chi connectivity index (χ0v) is 18.6. The summed E-state index contributed by atoms with van der Waals surface area (Å²) in [4.78, 5) is 17.1. The highest BCUT2D eigenvalue weighted by atomic mass is 32.2. The van der Waals surface area contributed by atoms with Gasteiger partial charge in [-0.25, -0.2) is 8.42 Å². The lowest BCUT2D eigenvalue weighted by Gasteiger charge is -2.30. The van der Waals surface area contributed by atoms with Gasteiger partial charge in [-0.2, -0.15) is 4.31 Å². The van der Waals surface area contributed by atoms with Gasteiger partial charge in [-0.1, -0.05) is 31.2 Å². The summed E-state index contributed by atoms with van der Waals surface area (Å²) in [6.45, 7) is 4.55. The summed E-state index contributed by atoms with van der Waals surface area (Å²) in [6.07, 6.45) is 3.47. The van der Waals surface area contributed by atoms with E-state index in [1.807, 2.05) is 31.2 Å². The molecule has 2 aromatic carbocycles. The van der Waals surface area contributed by atoms with Crippen LogP contribution in [-0.2, 0) is 21.2 Å². The molecule has 1 aromatic heterocycles. The van der Waals surface area contributed by atoms with E-state index in [2.05, 4.69) is 11.9 Å². The molecular formula is C24H26N2O4S. The van der Waals surface area contributed by atoms with Gasteiger partial charge in [-0.3, -0.25) is 9.78 Å². The summed E-state index contributed by atoms with van der Waals surface area (Å²) in [7, 11) is -3.70. The molecule has 162 valence electrons. The van der Waals surface area contributed by atoms with Gasteiger partial charge in [0.25, 0.3) is 0 Å². The number of esters is 1. The Morgan fingerprint density at radius 2 is 1.84 bits per heavy atom. The molecule has 1 aliphatic rings. The molecule has 2 heterocycles. The van der Waals surface area contributed by atoms with Crippen molar-refractivity contribution in [2.75, 3.05) is 13.1 Å². The summed E-state index contributed by atoms with van der Waals surface area (Å²) >= 11 is 0. The van der Waals surface area contributed by atoms with Crippen LogP contribution in [-0.4, -0.2) is 36.8 Å². The number of pyridine rings is 1. The second kappa shape index (κ2) is 8.77. The van der Waals surface area contributed by atoms with E-state index < -0.39 is 10.0 Å². The Balaban J connectivity index is 1.45. The van der Waals surface area contributed by atoms with Gasteiger partial charge in [-0.15, -0.1) is 0 Å². The fourth-order valence-electron chi connectivity index (χ4n) is 3.91. The van der Waals surface area contributed by atoms with Crippen molar-refractivity contribution in [1.29, 1.82) is 0 Å². The topological polar surface area (TPSA) is 76.6 Å². The molecule has 0 saturated carbocycles. The third kappa shape index (κ3) is 4.48. The molecular weight excluding hydrogens is 412 g/mol. The van der Waals surface area contributed by atoms with Crippen LogP contribution in [0.1, 0.15) is 30.9 Å². The van der Waals surface area contributed by atoms with Crippen molar-refractivity contribution in [3.05, 3.63) is 65.9 Å². The van der Waals surface area contributed by atoms with Crippen LogP contribution in [0, 0.1) is 12.8 Å². The van der Waals surface area contributed by atoms with E-state index in [1.54, 1.807) is 30.5 Å². The minimum atomic E-state index is -3.70. The van der Waals surface area contributed by atoms with Crippen LogP contribution >= 0.6 is 0 Å². The Bertz CT molecular complexity index is 1200. The molecule has 3 aromatic rings. The van der Waals surface area contributed by atoms with Crippen LogP contribution in [0.5, 0.6) is 5.75 Å². The van der Waals surface area contributed by atoms with Gasteiger partial charge in [0.2, 0.25) is 10.0 Å². The van der Waals surface area contributed by atoms with E-state index in [0.29, 0.717) is 24.1 Å². The lowest BCUT2D eigenvalue weighted by Crippen LogP contribution is -2.41. The highest BCUT2D eigenvalue weighted by molar-refractivity contribution is 7.89. The van der Waals surface area contributed by atoms with Crippen molar-refractivity contribution in [3.8, 4) is 5.75 Å². The predicted octanol–water partition coefficient (Wildman–Crippen LogP) is 4.11. The molecule has 0 unspecified atom stereocenters. The monoisotopic (exact) mass is 438 g/mol. The number of aryl methyl sites for hydroxylation is 2. The van der Waals surface area contributed by atoms with Crippen LogP contribution in [0.25, 0.3) is 10.9 Å². The number of carbonyl (C=O) groups is 1. The van der Waals surface area contributed by atoms with Crippen molar-refractivity contribution < 1.29 is 17.9 Å². The minimum absolute atomic E-state index is 0.210. The molecule has 6 nitrogen and oxygen atoms in total. The first-order valence-electron chi connectivity index (χ1n) is 10.5. The Hall–Kier alpha value is -2.77. The lowest BCUT2D eigenvalue weighted by atomic mass is 9.98. The number of para-hydroxylation sites is 1. The van der Waals surface area contributed by atoms with Crippen LogP contribution in [0.2, 0.25) is 0 Å². The molecule has 31 heavy (non-hydrogen) atoms. The Morgan fingerprint density at radius 1 is 1.13 bits per heavy atom. The first-order valence-corrected chi connectivity index (χ1v) is 12.0. The SMILES string of the molecule is CCc1ccc(OC(=O)C2CCN(S(=O)(=O)c3cccc4cc(C)cnc34)CC2)cc1. The van der Waals surface area contributed by atoms with E-state index in [1.165, 1.54) is 9.87 Å². The number of sulfonamides is 1. The zero-order chi connectivity index (χ0) is 22.0. The number of ether oxygens (including phenoxy) is 1. The van der Waals surface area contributed by atoms with Gasteiger partial charge < -0.3 is 4.74 Å². The van der Waals surface area contributed by atoms with E-state index in [9.17, 15) is 13.2 Å². The highest BCUT2D eigenvalue weighted by Crippen LogP contribution is 2.29. The maximum absolute atomic E-state index is 13.3. The number of aromatic nitrogens is 1. The molecule has 0 spiro atoms. The van der Waals surface area contributed by atoms with E-state index in [-0.39, 0.29) is 29.9 Å². The fourth-order valence-corrected chi connectivity index (χ4v) is 5.55. The van der Waals surface area contributed by atoms with E-state index in [0.717, 1.165) is 17.4 Å². The number of fused-ring (bicyclic) bond motifs is 1. The van der Waals surface area contributed by atoms with Crippen molar-refractivity contribution in [1.82, 2.24) is 9.29 Å². The Labute approximate surface area is 182 Å². The maximum Gasteiger partial charge on any atom is 0.314 e. The summed E-state index contributed by atoms with van der Waals surface area (Å²) in [5, 5.41) is 0.800. The van der Waals surface area contributed by atoms with Gasteiger partial charge >= 0.3 is 5.97 Å². The number of hydrogen-bond acceptors (Lipinski definition) is 5. The van der Waals surface area contributed by atoms with Crippen molar-refractivity contribution in [3.63, 3.8) is 0 Å². The second-order valence-corrected chi connectivity index (χ2v) is 9.84. The molecule has 7 heteroatoms. The van der Waals surface area contributed by atoms with E-state index >= 15 is 0 Å². The first-order chi connectivity index (χ1) is 14.9. The lowest BCUT2D eigenvalue weighted by molar-refractivity contribution is -0.140. The predicted molar refractivity (Wildman–Crippen MR) is 119 cm³/mol. The molecule has 4 rings (SSSR count). The molecule has 0 amide bonds. The van der Waals surface area contributed by atoms with Crippen molar-refractivity contribution in [2.24, 2.45) is 5.92 Å². The molecule has 0 aliphatic carbocycles. The molecule has 1 fully saturated rings. The third-order valence-corrected chi connectivity index (χ3v) is 7.70. The summed E-state index contributed by atoms with van der Waals surface area (Å²) in [6, 6.07) is 14.6. The largest absolute Gasteiger partial charge is 0.426 e. The van der Waals surface area contributed by atoms with Crippen LogP contribution in [0.4, 0.5) is 0 Å². The number of hydrogen-bond donors (Lipinski definition) is 0. The van der Waals surface area contributed by atoms with Gasteiger partial charge in [0.05, 0.1) is 11.4 Å². The number of carbonyl (C=O) groups excluding carboxylic acids is 1. The summed E-state index contributed by atoms with van der Waals surface area (Å²) in [5.74, 6) is -0.0939. The maximum atomic E-state index is 13.3. The summed E-state index contributed by atoms with van der Waals surface area (Å²) in [5.41, 5.74) is 2.63. The van der Waals surface area contributed by atoms with Crippen LogP contribution < -0.4 is 4.74 Å². The highest BCUT2D eigenvalue weighted by Gasteiger charge is 2.34. The minimum Gasteiger partial charge on any atom is -0.426 e. The molecule has 1 saturated heterocycles. The molecule has 0 atom stereocenters. The molecule has 0 radical (unpaired) electrons. The van der Waals surface area contributed by atoms with Gasteiger partial charge in [0.1, 0.15) is 10.6 Å². The average Bonchev–Trinajstić information content (AvgIpc) is 2.79. The third-order valence-electron chi connectivity index (χ3n) is 5.77. The fraction of sp³-hybridized carbons (Fsp3) is 0.333. The van der Waals surface area contributed by atoms with Crippen molar-refractivity contribution in [2.45, 2.75) is 38.0 Å². The van der Waals surface area contributed by atoms with Gasteiger partial charge in [-0.05, 0) is 61.6 Å². The number of rotatable bonds is 5. The van der Waals surface area contributed by atoms with Gasteiger partial charge in [0.15, 0.2) is 0 Å². The average molecular weight is 439 g/mol. The zero-order valence-electron chi connectivity index (χ0n) is 17.7. The first kappa shape index (κ1) is 21.5. The normalized spacial score (nSPS) is 15.8. The van der Waals surface area contributed by atoms with Crippen LogP contribution in [0.15, 0.2) is 59.6 Å². The number of benzene rings is 2. The number of nitrogens with zero attached hydrogens (tertiary/aromatic N) is 2. The quantitative estimate of drug-likeness (QED) is 0.443. The van der Waals surface area contributed by atoms with Gasteiger partial charge in [0, 0.05) is 24.7 Å². The second-order valence-electron chi connectivity index (χ2n) is 7.94.